The third-order valence-corrected chi connectivity index (χ3v) is 3.52. The Morgan fingerprint density at radius 1 is 1.11 bits per heavy atom. The lowest BCUT2D eigenvalue weighted by atomic mass is 10.2. The van der Waals surface area contributed by atoms with Crippen LogP contribution >= 0.6 is 0 Å². The number of hydrogen-bond acceptors (Lipinski definition) is 4. The summed E-state index contributed by atoms with van der Waals surface area (Å²) in [6.45, 7) is 7.56. The van der Waals surface area contributed by atoms with Gasteiger partial charge in [-0.25, -0.2) is 0 Å². The van der Waals surface area contributed by atoms with Gasteiger partial charge in [0.15, 0.2) is 0 Å². The first-order valence-corrected chi connectivity index (χ1v) is 7.11. The van der Waals surface area contributed by atoms with Gasteiger partial charge in [-0.2, -0.15) is 0 Å². The van der Waals surface area contributed by atoms with E-state index in [1.165, 1.54) is 13.0 Å². The van der Waals surface area contributed by atoms with Crippen molar-refractivity contribution < 1.29 is 4.79 Å². The molecule has 5 nitrogen and oxygen atoms in total. The monoisotopic (exact) mass is 256 g/mol. The van der Waals surface area contributed by atoms with E-state index in [4.69, 9.17) is 5.73 Å². The number of hydrogen-bond donors (Lipinski definition) is 2. The lowest BCUT2D eigenvalue weighted by molar-refractivity contribution is -0.120. The van der Waals surface area contributed by atoms with Crippen LogP contribution in [-0.4, -0.2) is 68.6 Å². The molecule has 0 saturated carbocycles. The summed E-state index contributed by atoms with van der Waals surface area (Å²) in [6.07, 6.45) is 3.92. The van der Waals surface area contributed by atoms with Gasteiger partial charge in [-0.15, -0.1) is 0 Å². The van der Waals surface area contributed by atoms with Gasteiger partial charge >= 0.3 is 0 Å². The Kier molecular flexibility index (Phi) is 7.96. The fourth-order valence-corrected chi connectivity index (χ4v) is 2.37. The SMILES string of the molecule is CNC(=O)CCCN1CCCN(CCCN)CC1. The normalized spacial score (nSPS) is 18.6. The van der Waals surface area contributed by atoms with Crippen molar-refractivity contribution in [2.75, 3.05) is 52.9 Å². The quantitative estimate of drug-likeness (QED) is 0.666. The third-order valence-electron chi connectivity index (χ3n) is 3.52. The van der Waals surface area contributed by atoms with Gasteiger partial charge in [0, 0.05) is 26.6 Å². The van der Waals surface area contributed by atoms with Crippen LogP contribution in [0.25, 0.3) is 0 Å². The van der Waals surface area contributed by atoms with Gasteiger partial charge in [-0.3, -0.25) is 4.79 Å². The summed E-state index contributed by atoms with van der Waals surface area (Å²) in [5.74, 6) is 0.148. The van der Waals surface area contributed by atoms with Gasteiger partial charge in [0.25, 0.3) is 0 Å². The zero-order chi connectivity index (χ0) is 13.2. The summed E-state index contributed by atoms with van der Waals surface area (Å²) in [5.41, 5.74) is 5.54. The summed E-state index contributed by atoms with van der Waals surface area (Å²) < 4.78 is 0. The first kappa shape index (κ1) is 15.4. The Balaban J connectivity index is 2.15. The predicted octanol–water partition coefficient (Wildman–Crippen LogP) is -0.131. The van der Waals surface area contributed by atoms with Gasteiger partial charge in [-0.1, -0.05) is 0 Å². The average Bonchev–Trinajstić information content (AvgIpc) is 2.61. The van der Waals surface area contributed by atoms with Gasteiger partial charge in [-0.05, 0) is 52.0 Å². The van der Waals surface area contributed by atoms with Crippen LogP contribution in [0.2, 0.25) is 0 Å². The van der Waals surface area contributed by atoms with Crippen LogP contribution in [0, 0.1) is 0 Å². The average molecular weight is 256 g/mol. The Labute approximate surface area is 111 Å². The highest BCUT2D eigenvalue weighted by molar-refractivity contribution is 5.75. The molecule has 106 valence electrons. The highest BCUT2D eigenvalue weighted by atomic mass is 16.1. The van der Waals surface area contributed by atoms with Crippen molar-refractivity contribution in [3.8, 4) is 0 Å². The predicted molar refractivity (Wildman–Crippen MR) is 74.5 cm³/mol. The van der Waals surface area contributed by atoms with Crippen LogP contribution in [0.15, 0.2) is 0 Å². The molecule has 0 aromatic heterocycles. The molecule has 0 atom stereocenters. The second kappa shape index (κ2) is 9.30. The molecule has 1 fully saturated rings. The molecule has 0 radical (unpaired) electrons. The summed E-state index contributed by atoms with van der Waals surface area (Å²) in [7, 11) is 1.70. The van der Waals surface area contributed by atoms with Crippen LogP contribution in [0.4, 0.5) is 0 Å². The molecule has 1 aliphatic heterocycles. The molecule has 1 aliphatic rings. The van der Waals surface area contributed by atoms with Crippen molar-refractivity contribution in [3.05, 3.63) is 0 Å². The van der Waals surface area contributed by atoms with Crippen molar-refractivity contribution in [1.82, 2.24) is 15.1 Å². The Hall–Kier alpha value is -0.650. The Morgan fingerprint density at radius 2 is 1.72 bits per heavy atom. The molecule has 0 aromatic carbocycles. The van der Waals surface area contributed by atoms with Crippen LogP contribution < -0.4 is 11.1 Å². The minimum atomic E-state index is 0.148. The van der Waals surface area contributed by atoms with E-state index < -0.39 is 0 Å². The number of carbonyl (C=O) groups excluding carboxylic acids is 1. The molecule has 0 aromatic rings. The number of carbonyl (C=O) groups is 1. The van der Waals surface area contributed by atoms with Gasteiger partial charge in [0.1, 0.15) is 0 Å². The van der Waals surface area contributed by atoms with Crippen molar-refractivity contribution >= 4 is 5.91 Å². The number of amides is 1. The number of nitrogens with two attached hydrogens (primary N) is 1. The third kappa shape index (κ3) is 6.33. The Bertz CT molecular complexity index is 235. The van der Waals surface area contributed by atoms with Crippen LogP contribution in [0.5, 0.6) is 0 Å². The van der Waals surface area contributed by atoms with Crippen LogP contribution in [0.1, 0.15) is 25.7 Å². The molecule has 5 heteroatoms. The molecule has 18 heavy (non-hydrogen) atoms. The summed E-state index contributed by atoms with van der Waals surface area (Å²) in [5, 5.41) is 2.67. The molecule has 1 saturated heterocycles. The highest BCUT2D eigenvalue weighted by Gasteiger charge is 2.14. The largest absolute Gasteiger partial charge is 0.359 e. The smallest absolute Gasteiger partial charge is 0.219 e. The zero-order valence-corrected chi connectivity index (χ0v) is 11.7. The topological polar surface area (TPSA) is 61.6 Å². The van der Waals surface area contributed by atoms with Crippen molar-refractivity contribution in [2.24, 2.45) is 5.73 Å². The molecule has 0 aliphatic carbocycles. The number of rotatable bonds is 7. The number of nitrogens with zero attached hydrogens (tertiary/aromatic N) is 2. The van der Waals surface area contributed by atoms with E-state index >= 15 is 0 Å². The Morgan fingerprint density at radius 3 is 2.28 bits per heavy atom. The maximum absolute atomic E-state index is 11.1. The van der Waals surface area contributed by atoms with Crippen molar-refractivity contribution in [3.63, 3.8) is 0 Å². The first-order chi connectivity index (χ1) is 8.76. The highest BCUT2D eigenvalue weighted by Crippen LogP contribution is 2.05. The molecule has 0 bridgehead atoms. The van der Waals surface area contributed by atoms with E-state index in [1.54, 1.807) is 7.05 Å². The summed E-state index contributed by atoms with van der Waals surface area (Å²) in [6, 6.07) is 0. The zero-order valence-electron chi connectivity index (χ0n) is 11.7. The van der Waals surface area contributed by atoms with E-state index in [2.05, 4.69) is 15.1 Å². The molecule has 0 unspecified atom stereocenters. The van der Waals surface area contributed by atoms with Gasteiger partial charge in [0.2, 0.25) is 5.91 Å². The fraction of sp³-hybridized carbons (Fsp3) is 0.923. The van der Waals surface area contributed by atoms with E-state index in [1.807, 2.05) is 0 Å². The second-order valence-corrected chi connectivity index (χ2v) is 4.96. The van der Waals surface area contributed by atoms with E-state index in [9.17, 15) is 4.79 Å². The minimum Gasteiger partial charge on any atom is -0.359 e. The van der Waals surface area contributed by atoms with Gasteiger partial charge < -0.3 is 20.9 Å². The van der Waals surface area contributed by atoms with Gasteiger partial charge in [0.05, 0.1) is 0 Å². The minimum absolute atomic E-state index is 0.148. The second-order valence-electron chi connectivity index (χ2n) is 4.96. The maximum Gasteiger partial charge on any atom is 0.219 e. The molecular formula is C13H28N4O. The standard InChI is InChI=1S/C13H28N4O/c1-15-13(18)5-2-7-16-9-4-10-17(12-11-16)8-3-6-14/h2-12,14H2,1H3,(H,15,18). The molecule has 1 heterocycles. The van der Waals surface area contributed by atoms with Crippen LogP contribution in [-0.2, 0) is 4.79 Å². The molecule has 0 spiro atoms. The van der Waals surface area contributed by atoms with Crippen molar-refractivity contribution in [1.29, 1.82) is 0 Å². The van der Waals surface area contributed by atoms with Crippen molar-refractivity contribution in [2.45, 2.75) is 25.7 Å². The molecule has 1 amide bonds. The first-order valence-electron chi connectivity index (χ1n) is 7.11. The fourth-order valence-electron chi connectivity index (χ4n) is 2.37. The van der Waals surface area contributed by atoms with E-state index in [0.29, 0.717) is 6.42 Å². The molecule has 1 rings (SSSR count). The lowest BCUT2D eigenvalue weighted by Gasteiger charge is -2.21. The number of nitrogens with one attached hydrogen (secondary N) is 1. The lowest BCUT2D eigenvalue weighted by Crippen LogP contribution is -2.32. The molecular weight excluding hydrogens is 228 g/mol. The summed E-state index contributed by atoms with van der Waals surface area (Å²) in [4.78, 5) is 16.1. The summed E-state index contributed by atoms with van der Waals surface area (Å²) >= 11 is 0. The van der Waals surface area contributed by atoms with E-state index in [0.717, 1.165) is 52.1 Å². The van der Waals surface area contributed by atoms with Crippen LogP contribution in [0.3, 0.4) is 0 Å². The molecule has 3 N–H and O–H groups in total. The maximum atomic E-state index is 11.1. The van der Waals surface area contributed by atoms with E-state index in [-0.39, 0.29) is 5.91 Å².